The third-order valence-corrected chi connectivity index (χ3v) is 5.06. The smallest absolute Gasteiger partial charge is 0.248 e. The summed E-state index contributed by atoms with van der Waals surface area (Å²) >= 11 is 0. The highest BCUT2D eigenvalue weighted by molar-refractivity contribution is 5.82. The molecule has 0 saturated carbocycles. The van der Waals surface area contributed by atoms with Gasteiger partial charge in [0, 0.05) is 16.8 Å². The second-order valence-corrected chi connectivity index (χ2v) is 8.41. The first kappa shape index (κ1) is 18.9. The Bertz CT molecular complexity index is 1130. The number of nitrogen functional groups attached to an aromatic ring is 1. The lowest BCUT2D eigenvalue weighted by molar-refractivity contribution is 0.582. The number of aryl methyl sites for hydroxylation is 1. The van der Waals surface area contributed by atoms with Crippen LogP contribution in [0.5, 0.6) is 0 Å². The zero-order valence-electron chi connectivity index (χ0n) is 17.2. The minimum Gasteiger partial charge on any atom is -0.416 e. The van der Waals surface area contributed by atoms with Crippen LogP contribution in [-0.4, -0.2) is 10.2 Å². The van der Waals surface area contributed by atoms with Gasteiger partial charge in [0.25, 0.3) is 0 Å². The molecule has 4 aromatic rings. The monoisotopic (exact) mass is 383 g/mol. The van der Waals surface area contributed by atoms with Gasteiger partial charge in [-0.1, -0.05) is 68.8 Å². The predicted molar refractivity (Wildman–Crippen MR) is 118 cm³/mol. The highest BCUT2D eigenvalue weighted by Gasteiger charge is 2.17. The standard InChI is InChI=1S/C25H25N3O/c1-16-5-7-17(8-6-16)21-14-13-20(26)15-22(21)24-28-27-23(29-24)18-9-11-19(12-10-18)25(2,3)4/h5-15H,26H2,1-4H3. The first-order valence-electron chi connectivity index (χ1n) is 9.72. The van der Waals surface area contributed by atoms with Crippen LogP contribution in [0.3, 0.4) is 0 Å². The largest absolute Gasteiger partial charge is 0.416 e. The van der Waals surface area contributed by atoms with E-state index < -0.39 is 0 Å². The molecule has 4 nitrogen and oxygen atoms in total. The Morgan fingerprint density at radius 2 is 1.34 bits per heavy atom. The molecule has 0 fully saturated rings. The molecule has 3 aromatic carbocycles. The van der Waals surface area contributed by atoms with E-state index in [9.17, 15) is 0 Å². The number of anilines is 1. The van der Waals surface area contributed by atoms with E-state index in [0.717, 1.165) is 22.3 Å². The molecule has 29 heavy (non-hydrogen) atoms. The summed E-state index contributed by atoms with van der Waals surface area (Å²) in [6, 6.07) is 22.4. The predicted octanol–water partition coefficient (Wildman–Crippen LogP) is 6.26. The molecule has 0 amide bonds. The van der Waals surface area contributed by atoms with Crippen LogP contribution in [0.25, 0.3) is 34.0 Å². The van der Waals surface area contributed by atoms with Crippen LogP contribution in [0.4, 0.5) is 5.69 Å². The number of hydrogen-bond donors (Lipinski definition) is 1. The minimum absolute atomic E-state index is 0.100. The normalized spacial score (nSPS) is 11.6. The van der Waals surface area contributed by atoms with Crippen LogP contribution in [0.15, 0.2) is 71.1 Å². The summed E-state index contributed by atoms with van der Waals surface area (Å²) in [4.78, 5) is 0. The van der Waals surface area contributed by atoms with Gasteiger partial charge in [-0.2, -0.15) is 0 Å². The minimum atomic E-state index is 0.100. The second kappa shape index (κ2) is 7.21. The first-order valence-corrected chi connectivity index (χ1v) is 9.72. The van der Waals surface area contributed by atoms with Crippen LogP contribution in [-0.2, 0) is 5.41 Å². The van der Waals surface area contributed by atoms with E-state index in [1.807, 2.05) is 30.3 Å². The molecule has 0 unspecified atom stereocenters. The molecule has 4 rings (SSSR count). The van der Waals surface area contributed by atoms with Crippen molar-refractivity contribution in [2.75, 3.05) is 5.73 Å². The Morgan fingerprint density at radius 3 is 2.00 bits per heavy atom. The summed E-state index contributed by atoms with van der Waals surface area (Å²) in [6.07, 6.45) is 0. The van der Waals surface area contributed by atoms with Crippen LogP contribution in [0.2, 0.25) is 0 Å². The van der Waals surface area contributed by atoms with Crippen molar-refractivity contribution in [2.45, 2.75) is 33.1 Å². The van der Waals surface area contributed by atoms with Crippen molar-refractivity contribution in [2.24, 2.45) is 0 Å². The van der Waals surface area contributed by atoms with Gasteiger partial charge in [0.2, 0.25) is 11.8 Å². The quantitative estimate of drug-likeness (QED) is 0.424. The molecule has 0 aliphatic carbocycles. The van der Waals surface area contributed by atoms with Crippen molar-refractivity contribution >= 4 is 5.69 Å². The van der Waals surface area contributed by atoms with E-state index >= 15 is 0 Å². The highest BCUT2D eigenvalue weighted by Crippen LogP contribution is 2.34. The SMILES string of the molecule is Cc1ccc(-c2ccc(N)cc2-c2nnc(-c3ccc(C(C)(C)C)cc3)o2)cc1. The molecule has 0 aliphatic heterocycles. The van der Waals surface area contributed by atoms with Crippen molar-refractivity contribution in [1.82, 2.24) is 10.2 Å². The van der Waals surface area contributed by atoms with Crippen molar-refractivity contribution in [1.29, 1.82) is 0 Å². The molecule has 1 heterocycles. The maximum atomic E-state index is 6.05. The topological polar surface area (TPSA) is 64.9 Å². The molecule has 146 valence electrons. The van der Waals surface area contributed by atoms with E-state index in [0.29, 0.717) is 17.5 Å². The van der Waals surface area contributed by atoms with E-state index in [2.05, 4.69) is 74.3 Å². The van der Waals surface area contributed by atoms with Crippen molar-refractivity contribution < 1.29 is 4.42 Å². The van der Waals surface area contributed by atoms with E-state index in [1.54, 1.807) is 0 Å². The van der Waals surface area contributed by atoms with Crippen molar-refractivity contribution in [3.63, 3.8) is 0 Å². The van der Waals surface area contributed by atoms with Crippen LogP contribution >= 0.6 is 0 Å². The lowest BCUT2D eigenvalue weighted by atomic mass is 9.87. The van der Waals surface area contributed by atoms with E-state index in [1.165, 1.54) is 11.1 Å². The molecule has 2 N–H and O–H groups in total. The van der Waals surface area contributed by atoms with Gasteiger partial charge in [-0.3, -0.25) is 0 Å². The molecule has 0 bridgehead atoms. The highest BCUT2D eigenvalue weighted by atomic mass is 16.4. The van der Waals surface area contributed by atoms with Crippen molar-refractivity contribution in [3.8, 4) is 34.0 Å². The van der Waals surface area contributed by atoms with Gasteiger partial charge in [-0.25, -0.2) is 0 Å². The molecule has 4 heteroatoms. The molecule has 0 atom stereocenters. The summed E-state index contributed by atoms with van der Waals surface area (Å²) in [6.45, 7) is 8.65. The summed E-state index contributed by atoms with van der Waals surface area (Å²) < 4.78 is 6.04. The Labute approximate surface area is 171 Å². The number of aromatic nitrogens is 2. The Balaban J connectivity index is 1.73. The van der Waals surface area contributed by atoms with E-state index in [4.69, 9.17) is 10.2 Å². The summed E-state index contributed by atoms with van der Waals surface area (Å²) in [7, 11) is 0. The maximum Gasteiger partial charge on any atom is 0.248 e. The average Bonchev–Trinajstić information content (AvgIpc) is 3.18. The fourth-order valence-electron chi connectivity index (χ4n) is 3.29. The average molecular weight is 383 g/mol. The van der Waals surface area contributed by atoms with Crippen LogP contribution in [0, 0.1) is 6.92 Å². The third kappa shape index (κ3) is 3.92. The number of hydrogen-bond acceptors (Lipinski definition) is 4. The van der Waals surface area contributed by atoms with Gasteiger partial charge >= 0.3 is 0 Å². The van der Waals surface area contributed by atoms with Gasteiger partial charge in [0.05, 0.1) is 0 Å². The number of nitrogens with zero attached hydrogens (tertiary/aromatic N) is 2. The fraction of sp³-hybridized carbons (Fsp3) is 0.200. The number of nitrogens with two attached hydrogens (primary N) is 1. The zero-order chi connectivity index (χ0) is 20.6. The summed E-state index contributed by atoms with van der Waals surface area (Å²) in [5.41, 5.74) is 13.1. The maximum absolute atomic E-state index is 6.05. The van der Waals surface area contributed by atoms with Gasteiger partial charge in [-0.05, 0) is 53.3 Å². The lowest BCUT2D eigenvalue weighted by Crippen LogP contribution is -2.10. The fourth-order valence-corrected chi connectivity index (χ4v) is 3.29. The summed E-state index contributed by atoms with van der Waals surface area (Å²) in [5.74, 6) is 0.959. The second-order valence-electron chi connectivity index (χ2n) is 8.41. The third-order valence-electron chi connectivity index (χ3n) is 5.06. The molecule has 0 saturated heterocycles. The molecular weight excluding hydrogens is 358 g/mol. The molecule has 0 radical (unpaired) electrons. The number of rotatable bonds is 3. The molecule has 0 aliphatic rings. The van der Waals surface area contributed by atoms with Gasteiger partial charge in [0.1, 0.15) is 0 Å². The number of benzene rings is 3. The van der Waals surface area contributed by atoms with E-state index in [-0.39, 0.29) is 5.41 Å². The Hall–Kier alpha value is -3.40. The zero-order valence-corrected chi connectivity index (χ0v) is 17.2. The Kier molecular flexibility index (Phi) is 4.71. The molecular formula is C25H25N3O. The molecule has 0 spiro atoms. The van der Waals surface area contributed by atoms with Gasteiger partial charge in [0.15, 0.2) is 0 Å². The first-order chi connectivity index (χ1) is 13.8. The van der Waals surface area contributed by atoms with Gasteiger partial charge in [-0.15, -0.1) is 10.2 Å². The lowest BCUT2D eigenvalue weighted by Gasteiger charge is -2.18. The molecule has 1 aromatic heterocycles. The van der Waals surface area contributed by atoms with Crippen molar-refractivity contribution in [3.05, 3.63) is 77.9 Å². The van der Waals surface area contributed by atoms with Gasteiger partial charge < -0.3 is 10.2 Å². The van der Waals surface area contributed by atoms with Crippen LogP contribution in [0.1, 0.15) is 31.9 Å². The van der Waals surface area contributed by atoms with Crippen LogP contribution < -0.4 is 5.73 Å². The Morgan fingerprint density at radius 1 is 0.724 bits per heavy atom. The summed E-state index contributed by atoms with van der Waals surface area (Å²) in [5, 5.41) is 8.58.